The number of esters is 1. The number of hydrogen-bond acceptors (Lipinski definition) is 11. The van der Waals surface area contributed by atoms with Crippen molar-refractivity contribution in [2.24, 2.45) is 0 Å². The summed E-state index contributed by atoms with van der Waals surface area (Å²) < 4.78 is 34.3. The zero-order valence-corrected chi connectivity index (χ0v) is 43.4. The van der Waals surface area contributed by atoms with Crippen molar-refractivity contribution in [2.75, 3.05) is 19.8 Å². The first-order valence-corrected chi connectivity index (χ1v) is 28.8. The minimum Gasteiger partial charge on any atom is -0.457 e. The lowest BCUT2D eigenvalue weighted by Gasteiger charge is -2.41. The van der Waals surface area contributed by atoms with Crippen molar-refractivity contribution in [3.63, 3.8) is 0 Å². The Bertz CT molecular complexity index is 1250. The number of carbonyl (C=O) groups excluding carboxylic acids is 1. The van der Waals surface area contributed by atoms with E-state index in [-0.39, 0.29) is 13.0 Å². The predicted octanol–water partition coefficient (Wildman–Crippen LogP) is 12.6. The second-order valence-corrected chi connectivity index (χ2v) is 20.5. The highest BCUT2D eigenvalue weighted by Gasteiger charge is 2.51. The van der Waals surface area contributed by atoms with Crippen molar-refractivity contribution in [1.29, 1.82) is 0 Å². The van der Waals surface area contributed by atoms with E-state index in [2.05, 4.69) is 50.3 Å². The topological polar surface area (TPSA) is 192 Å². The van der Waals surface area contributed by atoms with Crippen LogP contribution in [0.4, 0.5) is 0 Å². The lowest BCUT2D eigenvalue weighted by Crippen LogP contribution is -2.64. The van der Waals surface area contributed by atoms with Crippen molar-refractivity contribution < 1.29 is 58.3 Å². The molecule has 1 fully saturated rings. The molecule has 6 N–H and O–H groups in total. The SMILES string of the molecule is CCCCCC/C=C\C/C=C\CCCCCCCCCC(=O)OC(COCCCCCCCCCCCC/C=C\CCCCCCCCCC)COP(=O)(O)OC1C(O)C(O)C(O)C(O)C1O. The van der Waals surface area contributed by atoms with Gasteiger partial charge < -0.3 is 39.9 Å². The summed E-state index contributed by atoms with van der Waals surface area (Å²) in [5.41, 5.74) is 0. The van der Waals surface area contributed by atoms with E-state index in [1.807, 2.05) is 0 Å². The summed E-state index contributed by atoms with van der Waals surface area (Å²) >= 11 is 0. The van der Waals surface area contributed by atoms with Crippen LogP contribution >= 0.6 is 7.82 Å². The van der Waals surface area contributed by atoms with E-state index in [1.165, 1.54) is 154 Å². The first kappa shape index (κ1) is 63.6. The van der Waals surface area contributed by atoms with Gasteiger partial charge in [0.05, 0.1) is 13.2 Å². The molecule has 1 aliphatic carbocycles. The van der Waals surface area contributed by atoms with Crippen LogP contribution in [-0.2, 0) is 27.9 Å². The maximum atomic E-state index is 12.9. The van der Waals surface area contributed by atoms with Gasteiger partial charge in [-0.1, -0.05) is 198 Å². The van der Waals surface area contributed by atoms with E-state index in [9.17, 15) is 39.8 Å². The quantitative estimate of drug-likeness (QED) is 0.0147. The van der Waals surface area contributed by atoms with Crippen LogP contribution in [0.25, 0.3) is 0 Å². The minimum absolute atomic E-state index is 0.0793. The Morgan fingerprint density at radius 2 is 0.836 bits per heavy atom. The summed E-state index contributed by atoms with van der Waals surface area (Å²) in [4.78, 5) is 23.3. The molecule has 6 unspecified atom stereocenters. The number of aliphatic hydroxyl groups excluding tert-OH is 5. The van der Waals surface area contributed by atoms with Gasteiger partial charge >= 0.3 is 13.8 Å². The highest BCUT2D eigenvalue weighted by Crippen LogP contribution is 2.47. The zero-order chi connectivity index (χ0) is 49.1. The Kier molecular flexibility index (Phi) is 42.2. The van der Waals surface area contributed by atoms with Gasteiger partial charge in [0.2, 0.25) is 0 Å². The van der Waals surface area contributed by atoms with Gasteiger partial charge in [-0.25, -0.2) is 4.57 Å². The first-order chi connectivity index (χ1) is 32.5. The molecule has 1 aliphatic rings. The smallest absolute Gasteiger partial charge is 0.457 e. The van der Waals surface area contributed by atoms with Crippen LogP contribution in [0.1, 0.15) is 239 Å². The fraction of sp³-hybridized carbons (Fsp3) is 0.870. The Hall–Kier alpha value is -1.44. The molecule has 1 saturated carbocycles. The lowest BCUT2D eigenvalue weighted by atomic mass is 9.85. The second-order valence-electron chi connectivity index (χ2n) is 19.1. The van der Waals surface area contributed by atoms with E-state index in [4.69, 9.17) is 18.5 Å². The van der Waals surface area contributed by atoms with Gasteiger partial charge in [-0.15, -0.1) is 0 Å². The number of carbonyl (C=O) groups is 1. The molecule has 0 amide bonds. The summed E-state index contributed by atoms with van der Waals surface area (Å²) in [6, 6.07) is 0. The molecule has 0 aliphatic heterocycles. The van der Waals surface area contributed by atoms with Gasteiger partial charge in [0.25, 0.3) is 0 Å². The van der Waals surface area contributed by atoms with Crippen LogP contribution in [0.5, 0.6) is 0 Å². The third kappa shape index (κ3) is 36.2. The van der Waals surface area contributed by atoms with Crippen molar-refractivity contribution in [3.05, 3.63) is 36.5 Å². The average molecular weight is 973 g/mol. The van der Waals surface area contributed by atoms with Crippen LogP contribution in [0, 0.1) is 0 Å². The van der Waals surface area contributed by atoms with Gasteiger partial charge in [0.15, 0.2) is 0 Å². The van der Waals surface area contributed by atoms with Crippen LogP contribution in [0.2, 0.25) is 0 Å². The van der Waals surface area contributed by atoms with Gasteiger partial charge in [0, 0.05) is 13.0 Å². The highest BCUT2D eigenvalue weighted by molar-refractivity contribution is 7.47. The predicted molar refractivity (Wildman–Crippen MR) is 272 cm³/mol. The molecule has 6 atom stereocenters. The maximum absolute atomic E-state index is 12.9. The van der Waals surface area contributed by atoms with E-state index in [1.54, 1.807) is 0 Å². The monoisotopic (exact) mass is 973 g/mol. The Balaban J connectivity index is 2.31. The molecule has 1 rings (SSSR count). The third-order valence-corrected chi connectivity index (χ3v) is 13.7. The molecule has 0 heterocycles. The minimum atomic E-state index is -5.03. The van der Waals surface area contributed by atoms with Gasteiger partial charge in [-0.05, 0) is 70.6 Å². The van der Waals surface area contributed by atoms with Crippen molar-refractivity contribution in [3.8, 4) is 0 Å². The molecule has 0 saturated heterocycles. The Morgan fingerprint density at radius 1 is 0.478 bits per heavy atom. The molecule has 0 aromatic carbocycles. The van der Waals surface area contributed by atoms with E-state index >= 15 is 0 Å². The molecular formula is C54H101O12P. The number of phosphoric ester groups is 1. The summed E-state index contributed by atoms with van der Waals surface area (Å²) in [6.07, 6.45) is 42.1. The molecular weight excluding hydrogens is 872 g/mol. The number of allylic oxidation sites excluding steroid dienone is 6. The van der Waals surface area contributed by atoms with Crippen molar-refractivity contribution in [2.45, 2.75) is 281 Å². The number of ether oxygens (including phenoxy) is 2. The standard InChI is InChI=1S/C54H101O12P/c1-3-5-7-9-11-13-15-17-19-21-23-24-25-26-28-30-32-34-36-38-40-42-44-63-45-47(46-64-67(61,62)66-54-52(59)50(57)49(56)51(58)53(54)60)65-48(55)43-41-39-37-35-33-31-29-27-22-20-18-16-14-12-10-8-6-4-2/h14,16,20-23,47,49-54,56-60H,3-13,15,17-19,24-46H2,1-2H3,(H,61,62)/b16-14-,22-20-,23-21-. The molecule has 0 radical (unpaired) electrons. The first-order valence-electron chi connectivity index (χ1n) is 27.3. The molecule has 67 heavy (non-hydrogen) atoms. The largest absolute Gasteiger partial charge is 0.472 e. The van der Waals surface area contributed by atoms with Crippen LogP contribution in [0.15, 0.2) is 36.5 Å². The molecule has 0 spiro atoms. The maximum Gasteiger partial charge on any atom is 0.472 e. The zero-order valence-electron chi connectivity index (χ0n) is 42.5. The Morgan fingerprint density at radius 3 is 1.28 bits per heavy atom. The molecule has 0 aromatic heterocycles. The normalized spacial score (nSPS) is 21.5. The van der Waals surface area contributed by atoms with Crippen molar-refractivity contribution in [1.82, 2.24) is 0 Å². The van der Waals surface area contributed by atoms with Crippen LogP contribution in [-0.4, -0.2) is 98.9 Å². The number of phosphoric acid groups is 1. The van der Waals surface area contributed by atoms with Gasteiger partial charge in [-0.3, -0.25) is 13.8 Å². The number of unbranched alkanes of at least 4 members (excludes halogenated alkanes) is 29. The summed E-state index contributed by atoms with van der Waals surface area (Å²) in [5.74, 6) is -0.483. The van der Waals surface area contributed by atoms with Gasteiger partial charge in [0.1, 0.15) is 42.7 Å². The highest BCUT2D eigenvalue weighted by atomic mass is 31.2. The Labute approximate surface area is 408 Å². The van der Waals surface area contributed by atoms with Crippen molar-refractivity contribution >= 4 is 13.8 Å². The van der Waals surface area contributed by atoms with E-state index in [0.29, 0.717) is 13.0 Å². The average Bonchev–Trinajstić information content (AvgIpc) is 3.31. The summed E-state index contributed by atoms with van der Waals surface area (Å²) in [5, 5.41) is 50.4. The fourth-order valence-electron chi connectivity index (χ4n) is 8.38. The van der Waals surface area contributed by atoms with Gasteiger partial charge in [-0.2, -0.15) is 0 Å². The molecule has 13 heteroatoms. The number of aliphatic hydroxyl groups is 5. The van der Waals surface area contributed by atoms with E-state index < -0.39 is 63.1 Å². The fourth-order valence-corrected chi connectivity index (χ4v) is 9.35. The number of rotatable bonds is 47. The molecule has 0 aromatic rings. The lowest BCUT2D eigenvalue weighted by molar-refractivity contribution is -0.220. The van der Waals surface area contributed by atoms with Crippen LogP contribution < -0.4 is 0 Å². The molecule has 394 valence electrons. The summed E-state index contributed by atoms with van der Waals surface area (Å²) in [6.45, 7) is 4.27. The van der Waals surface area contributed by atoms with Crippen LogP contribution in [0.3, 0.4) is 0 Å². The third-order valence-electron chi connectivity index (χ3n) is 12.7. The number of hydrogen-bond donors (Lipinski definition) is 6. The summed E-state index contributed by atoms with van der Waals surface area (Å²) in [7, 11) is -5.03. The second kappa shape index (κ2) is 44.5. The molecule has 0 bridgehead atoms. The van der Waals surface area contributed by atoms with E-state index in [0.717, 1.165) is 57.8 Å². The molecule has 12 nitrogen and oxygen atoms in total.